The highest BCUT2D eigenvalue weighted by Gasteiger charge is 2.19. The predicted molar refractivity (Wildman–Crippen MR) is 125 cm³/mol. The highest BCUT2D eigenvalue weighted by atomic mass is 16.2. The number of urea groups is 1. The molecule has 4 aromatic rings. The van der Waals surface area contributed by atoms with Crippen LogP contribution in [0.5, 0.6) is 0 Å². The van der Waals surface area contributed by atoms with Crippen molar-refractivity contribution in [3.63, 3.8) is 0 Å². The lowest BCUT2D eigenvalue weighted by Gasteiger charge is -2.19. The van der Waals surface area contributed by atoms with Crippen molar-refractivity contribution >= 4 is 22.8 Å². The molecule has 6 heteroatoms. The van der Waals surface area contributed by atoms with Crippen molar-refractivity contribution in [2.75, 3.05) is 5.32 Å². The molecule has 31 heavy (non-hydrogen) atoms. The van der Waals surface area contributed by atoms with E-state index in [1.807, 2.05) is 61.5 Å². The molecule has 0 aliphatic carbocycles. The fourth-order valence-electron chi connectivity index (χ4n) is 3.47. The molecule has 0 bridgehead atoms. The lowest BCUT2D eigenvalue weighted by atomic mass is 9.89. The SMILES string of the molecule is C[C@H](NC(=O)Nc1ccc(-c2cc(C(C)(C)C)nc3[nH]ncc23)cc1)c1ccccc1. The number of hydrogen-bond donors (Lipinski definition) is 3. The van der Waals surface area contributed by atoms with Crippen LogP contribution in [0.25, 0.3) is 22.2 Å². The van der Waals surface area contributed by atoms with Crippen LogP contribution in [-0.4, -0.2) is 21.2 Å². The molecule has 0 spiro atoms. The molecule has 0 saturated carbocycles. The van der Waals surface area contributed by atoms with Crippen molar-refractivity contribution in [1.82, 2.24) is 20.5 Å². The zero-order valence-electron chi connectivity index (χ0n) is 18.2. The molecular weight excluding hydrogens is 386 g/mol. The van der Waals surface area contributed by atoms with E-state index in [1.165, 1.54) is 0 Å². The molecule has 2 aromatic carbocycles. The summed E-state index contributed by atoms with van der Waals surface area (Å²) in [5.41, 5.74) is 5.60. The van der Waals surface area contributed by atoms with Crippen LogP contribution in [-0.2, 0) is 5.41 Å². The topological polar surface area (TPSA) is 82.7 Å². The van der Waals surface area contributed by atoms with Gasteiger partial charge in [-0.05, 0) is 41.8 Å². The van der Waals surface area contributed by atoms with Crippen LogP contribution < -0.4 is 10.6 Å². The van der Waals surface area contributed by atoms with E-state index in [-0.39, 0.29) is 17.5 Å². The average molecular weight is 414 g/mol. The lowest BCUT2D eigenvalue weighted by molar-refractivity contribution is 0.249. The van der Waals surface area contributed by atoms with Crippen LogP contribution in [0.1, 0.15) is 45.0 Å². The number of nitrogens with zero attached hydrogens (tertiary/aromatic N) is 2. The molecule has 0 unspecified atom stereocenters. The predicted octanol–water partition coefficient (Wildman–Crippen LogP) is 5.81. The van der Waals surface area contributed by atoms with Crippen molar-refractivity contribution in [3.05, 3.63) is 78.1 Å². The second-order valence-electron chi connectivity index (χ2n) is 8.75. The van der Waals surface area contributed by atoms with Gasteiger partial charge in [0.25, 0.3) is 0 Å². The summed E-state index contributed by atoms with van der Waals surface area (Å²) in [6.45, 7) is 8.39. The van der Waals surface area contributed by atoms with Crippen molar-refractivity contribution < 1.29 is 4.79 Å². The Labute approximate surface area is 182 Å². The zero-order chi connectivity index (χ0) is 22.0. The van der Waals surface area contributed by atoms with Gasteiger partial charge in [-0.3, -0.25) is 5.10 Å². The Hall–Kier alpha value is -3.67. The van der Waals surface area contributed by atoms with Crippen molar-refractivity contribution in [3.8, 4) is 11.1 Å². The number of fused-ring (bicyclic) bond motifs is 1. The minimum atomic E-state index is -0.236. The fraction of sp³-hybridized carbons (Fsp3) is 0.240. The number of hydrogen-bond acceptors (Lipinski definition) is 3. The Morgan fingerprint density at radius 1 is 1.03 bits per heavy atom. The summed E-state index contributed by atoms with van der Waals surface area (Å²) in [5.74, 6) is 0. The molecule has 0 aliphatic heterocycles. The van der Waals surface area contributed by atoms with Gasteiger partial charge >= 0.3 is 6.03 Å². The standard InChI is InChI=1S/C25H27N5O/c1-16(17-8-6-5-7-9-17)27-24(31)28-19-12-10-18(11-13-19)20-14-22(25(2,3)4)29-23-21(20)15-26-30-23/h5-16H,1-4H3,(H,26,29,30)(H2,27,28,31)/t16-/m0/s1. The summed E-state index contributed by atoms with van der Waals surface area (Å²) in [5, 5.41) is 14.0. The number of H-pyrrole nitrogens is 1. The third kappa shape index (κ3) is 4.58. The van der Waals surface area contributed by atoms with E-state index in [2.05, 4.69) is 47.7 Å². The Morgan fingerprint density at radius 3 is 2.42 bits per heavy atom. The van der Waals surface area contributed by atoms with Crippen molar-refractivity contribution in [2.45, 2.75) is 39.2 Å². The summed E-state index contributed by atoms with van der Waals surface area (Å²) in [6.07, 6.45) is 1.80. The number of aromatic amines is 1. The first-order valence-corrected chi connectivity index (χ1v) is 10.4. The molecule has 6 nitrogen and oxygen atoms in total. The van der Waals surface area contributed by atoms with Gasteiger partial charge in [0.05, 0.1) is 12.2 Å². The van der Waals surface area contributed by atoms with Gasteiger partial charge in [0, 0.05) is 22.2 Å². The van der Waals surface area contributed by atoms with Crippen LogP contribution in [0.15, 0.2) is 66.9 Å². The number of aromatic nitrogens is 3. The summed E-state index contributed by atoms with van der Waals surface area (Å²) < 4.78 is 0. The number of benzene rings is 2. The molecule has 3 N–H and O–H groups in total. The van der Waals surface area contributed by atoms with Crippen LogP contribution in [0.4, 0.5) is 10.5 Å². The molecule has 2 heterocycles. The first-order chi connectivity index (χ1) is 14.8. The number of carbonyl (C=O) groups excluding carboxylic acids is 1. The van der Waals surface area contributed by atoms with E-state index >= 15 is 0 Å². The minimum Gasteiger partial charge on any atom is -0.331 e. The molecule has 0 saturated heterocycles. The van der Waals surface area contributed by atoms with Crippen molar-refractivity contribution in [1.29, 1.82) is 0 Å². The van der Waals surface area contributed by atoms with E-state index in [9.17, 15) is 4.79 Å². The highest BCUT2D eigenvalue weighted by molar-refractivity contribution is 5.94. The van der Waals surface area contributed by atoms with Crippen molar-refractivity contribution in [2.24, 2.45) is 0 Å². The molecular formula is C25H27N5O. The van der Waals surface area contributed by atoms with Gasteiger partial charge in [-0.25, -0.2) is 9.78 Å². The Morgan fingerprint density at radius 2 is 1.74 bits per heavy atom. The molecule has 2 aromatic heterocycles. The maximum absolute atomic E-state index is 12.4. The Kier molecular flexibility index (Phi) is 5.46. The van der Waals surface area contributed by atoms with Crippen LogP contribution in [0.2, 0.25) is 0 Å². The van der Waals surface area contributed by atoms with Crippen LogP contribution >= 0.6 is 0 Å². The number of nitrogens with one attached hydrogen (secondary N) is 3. The monoisotopic (exact) mass is 413 g/mol. The zero-order valence-corrected chi connectivity index (χ0v) is 18.2. The third-order valence-electron chi connectivity index (χ3n) is 5.29. The summed E-state index contributed by atoms with van der Waals surface area (Å²) in [6, 6.07) is 19.5. The lowest BCUT2D eigenvalue weighted by Crippen LogP contribution is -2.31. The van der Waals surface area contributed by atoms with Gasteiger partial charge in [0.2, 0.25) is 0 Å². The van der Waals surface area contributed by atoms with Gasteiger partial charge in [-0.2, -0.15) is 5.10 Å². The first kappa shape index (κ1) is 20.6. The molecule has 0 radical (unpaired) electrons. The van der Waals surface area contributed by atoms with Gasteiger partial charge in [0.1, 0.15) is 0 Å². The van der Waals surface area contributed by atoms with E-state index in [4.69, 9.17) is 4.98 Å². The number of pyridine rings is 1. The second kappa shape index (κ2) is 8.22. The highest BCUT2D eigenvalue weighted by Crippen LogP contribution is 2.32. The molecule has 158 valence electrons. The van der Waals surface area contributed by atoms with E-state index in [0.29, 0.717) is 0 Å². The largest absolute Gasteiger partial charge is 0.331 e. The van der Waals surface area contributed by atoms with Gasteiger partial charge in [-0.15, -0.1) is 0 Å². The summed E-state index contributed by atoms with van der Waals surface area (Å²) in [7, 11) is 0. The number of rotatable bonds is 4. The maximum atomic E-state index is 12.4. The quantitative estimate of drug-likeness (QED) is 0.395. The maximum Gasteiger partial charge on any atom is 0.319 e. The second-order valence-corrected chi connectivity index (χ2v) is 8.75. The van der Waals surface area contributed by atoms with Gasteiger partial charge in [-0.1, -0.05) is 63.2 Å². The van der Waals surface area contributed by atoms with Crippen LogP contribution in [0.3, 0.4) is 0 Å². The number of anilines is 1. The molecule has 4 rings (SSSR count). The Bertz CT molecular complexity index is 1190. The number of carbonyl (C=O) groups is 1. The fourth-order valence-corrected chi connectivity index (χ4v) is 3.47. The van der Waals surface area contributed by atoms with Gasteiger partial charge in [0.15, 0.2) is 5.65 Å². The molecule has 0 fully saturated rings. The van der Waals surface area contributed by atoms with E-state index in [0.717, 1.165) is 39.1 Å². The van der Waals surface area contributed by atoms with Gasteiger partial charge < -0.3 is 10.6 Å². The first-order valence-electron chi connectivity index (χ1n) is 10.4. The van der Waals surface area contributed by atoms with E-state index < -0.39 is 0 Å². The Balaban J connectivity index is 1.52. The van der Waals surface area contributed by atoms with Crippen LogP contribution in [0, 0.1) is 0 Å². The number of amides is 2. The molecule has 0 aliphatic rings. The van der Waals surface area contributed by atoms with E-state index in [1.54, 1.807) is 6.20 Å². The molecule has 1 atom stereocenters. The molecule has 2 amide bonds. The normalized spacial score (nSPS) is 12.5. The average Bonchev–Trinajstić information content (AvgIpc) is 3.22. The summed E-state index contributed by atoms with van der Waals surface area (Å²) >= 11 is 0. The minimum absolute atomic E-state index is 0.0803. The third-order valence-corrected chi connectivity index (χ3v) is 5.29. The smallest absolute Gasteiger partial charge is 0.319 e. The summed E-state index contributed by atoms with van der Waals surface area (Å²) in [4.78, 5) is 17.1.